The van der Waals surface area contributed by atoms with E-state index in [0.29, 0.717) is 5.41 Å². The molecule has 1 aliphatic carbocycles. The summed E-state index contributed by atoms with van der Waals surface area (Å²) in [5.41, 5.74) is 6.15. The lowest BCUT2D eigenvalue weighted by atomic mass is 9.77. The predicted octanol–water partition coefficient (Wildman–Crippen LogP) is 2.71. The maximum absolute atomic E-state index is 6.00. The minimum Gasteiger partial charge on any atom is -0.375 e. The van der Waals surface area contributed by atoms with Crippen molar-refractivity contribution < 1.29 is 4.74 Å². The van der Waals surface area contributed by atoms with Gasteiger partial charge in [0.1, 0.15) is 0 Å². The highest BCUT2D eigenvalue weighted by Gasteiger charge is 2.37. The van der Waals surface area contributed by atoms with E-state index in [2.05, 4.69) is 20.8 Å². The molecule has 0 saturated heterocycles. The summed E-state index contributed by atoms with van der Waals surface area (Å²) in [5.74, 6) is 0. The number of hydrogen-bond acceptors (Lipinski definition) is 2. The summed E-state index contributed by atoms with van der Waals surface area (Å²) in [6.07, 6.45) is 5.93. The number of nitrogens with two attached hydrogens (primary N) is 1. The van der Waals surface area contributed by atoms with E-state index in [0.717, 1.165) is 26.0 Å². The van der Waals surface area contributed by atoms with E-state index in [1.807, 2.05) is 0 Å². The van der Waals surface area contributed by atoms with Crippen molar-refractivity contribution in [2.75, 3.05) is 13.2 Å². The molecule has 2 nitrogen and oxygen atoms in total. The first kappa shape index (κ1) is 12.0. The zero-order chi connectivity index (χ0) is 10.7. The van der Waals surface area contributed by atoms with Crippen LogP contribution in [-0.2, 0) is 4.74 Å². The van der Waals surface area contributed by atoms with Crippen LogP contribution in [0.5, 0.6) is 0 Å². The molecule has 0 atom stereocenters. The molecule has 1 aliphatic rings. The van der Waals surface area contributed by atoms with Gasteiger partial charge < -0.3 is 10.5 Å². The van der Waals surface area contributed by atoms with Crippen LogP contribution in [0.4, 0.5) is 0 Å². The molecule has 2 heteroatoms. The third kappa shape index (κ3) is 3.58. The van der Waals surface area contributed by atoms with E-state index in [1.165, 1.54) is 19.3 Å². The molecule has 0 unspecified atom stereocenters. The van der Waals surface area contributed by atoms with Crippen LogP contribution in [-0.4, -0.2) is 18.8 Å². The van der Waals surface area contributed by atoms with Crippen molar-refractivity contribution in [1.82, 2.24) is 0 Å². The SMILES string of the molecule is CC(C)(C)CCOC1(CCN)CCC1. The molecule has 0 aliphatic heterocycles. The molecule has 0 aromatic heterocycles. The maximum Gasteiger partial charge on any atom is 0.0694 e. The van der Waals surface area contributed by atoms with Gasteiger partial charge in [-0.3, -0.25) is 0 Å². The third-order valence-electron chi connectivity index (χ3n) is 3.13. The molecule has 2 N–H and O–H groups in total. The Kier molecular flexibility index (Phi) is 3.96. The van der Waals surface area contributed by atoms with Crippen LogP contribution in [0.15, 0.2) is 0 Å². The highest BCUT2D eigenvalue weighted by molar-refractivity contribution is 4.90. The number of hydrogen-bond donors (Lipinski definition) is 1. The summed E-state index contributed by atoms with van der Waals surface area (Å²) < 4.78 is 6.00. The van der Waals surface area contributed by atoms with Gasteiger partial charge in [0.2, 0.25) is 0 Å². The quantitative estimate of drug-likeness (QED) is 0.739. The molecule has 0 aromatic rings. The van der Waals surface area contributed by atoms with Crippen LogP contribution in [0.3, 0.4) is 0 Å². The number of ether oxygens (including phenoxy) is 1. The molecule has 0 radical (unpaired) electrons. The van der Waals surface area contributed by atoms with E-state index in [1.54, 1.807) is 0 Å². The fraction of sp³-hybridized carbons (Fsp3) is 1.00. The van der Waals surface area contributed by atoms with Gasteiger partial charge >= 0.3 is 0 Å². The van der Waals surface area contributed by atoms with Crippen LogP contribution in [0.1, 0.15) is 52.9 Å². The van der Waals surface area contributed by atoms with Crippen LogP contribution in [0, 0.1) is 5.41 Å². The fourth-order valence-electron chi connectivity index (χ4n) is 1.87. The average molecular weight is 199 g/mol. The van der Waals surface area contributed by atoms with Gasteiger partial charge in [0.05, 0.1) is 5.60 Å². The summed E-state index contributed by atoms with van der Waals surface area (Å²) >= 11 is 0. The average Bonchev–Trinajstić information content (AvgIpc) is 1.97. The van der Waals surface area contributed by atoms with Crippen molar-refractivity contribution in [2.24, 2.45) is 11.1 Å². The van der Waals surface area contributed by atoms with Crippen LogP contribution < -0.4 is 5.73 Å². The second kappa shape index (κ2) is 4.63. The molecule has 84 valence electrons. The second-order valence-corrected chi connectivity index (χ2v) is 5.73. The summed E-state index contributed by atoms with van der Waals surface area (Å²) in [6, 6.07) is 0. The molecule has 1 fully saturated rings. The molecular weight excluding hydrogens is 174 g/mol. The summed E-state index contributed by atoms with van der Waals surface area (Å²) in [6.45, 7) is 8.42. The molecular formula is C12H25NO. The summed E-state index contributed by atoms with van der Waals surface area (Å²) in [7, 11) is 0. The lowest BCUT2D eigenvalue weighted by Crippen LogP contribution is -2.42. The van der Waals surface area contributed by atoms with Crippen molar-refractivity contribution in [1.29, 1.82) is 0 Å². The minimum absolute atomic E-state index is 0.167. The molecule has 1 saturated carbocycles. The fourth-order valence-corrected chi connectivity index (χ4v) is 1.87. The first-order valence-electron chi connectivity index (χ1n) is 5.82. The molecule has 0 bridgehead atoms. The first-order valence-corrected chi connectivity index (χ1v) is 5.82. The second-order valence-electron chi connectivity index (χ2n) is 5.73. The Morgan fingerprint density at radius 2 is 1.93 bits per heavy atom. The Labute approximate surface area is 88.2 Å². The van der Waals surface area contributed by atoms with Crippen LogP contribution in [0.25, 0.3) is 0 Å². The van der Waals surface area contributed by atoms with Crippen molar-refractivity contribution in [3.8, 4) is 0 Å². The van der Waals surface area contributed by atoms with E-state index in [4.69, 9.17) is 10.5 Å². The summed E-state index contributed by atoms with van der Waals surface area (Å²) in [4.78, 5) is 0. The van der Waals surface area contributed by atoms with Crippen molar-refractivity contribution in [3.63, 3.8) is 0 Å². The standard InChI is InChI=1S/C12H25NO/c1-11(2,3)8-10-14-12(7-9-13)5-4-6-12/h4-10,13H2,1-3H3. The lowest BCUT2D eigenvalue weighted by Gasteiger charge is -2.42. The number of rotatable bonds is 5. The van der Waals surface area contributed by atoms with Crippen LogP contribution >= 0.6 is 0 Å². The zero-order valence-electron chi connectivity index (χ0n) is 9.94. The lowest BCUT2D eigenvalue weighted by molar-refractivity contribution is -0.108. The minimum atomic E-state index is 0.167. The Bertz CT molecular complexity index is 168. The summed E-state index contributed by atoms with van der Waals surface area (Å²) in [5, 5.41) is 0. The highest BCUT2D eigenvalue weighted by atomic mass is 16.5. The van der Waals surface area contributed by atoms with Crippen LogP contribution in [0.2, 0.25) is 0 Å². The molecule has 0 aromatic carbocycles. The van der Waals surface area contributed by atoms with Gasteiger partial charge in [-0.1, -0.05) is 20.8 Å². The molecule has 0 amide bonds. The molecule has 0 heterocycles. The van der Waals surface area contributed by atoms with Gasteiger partial charge in [0, 0.05) is 6.61 Å². The van der Waals surface area contributed by atoms with Gasteiger partial charge in [0.25, 0.3) is 0 Å². The smallest absolute Gasteiger partial charge is 0.0694 e. The maximum atomic E-state index is 6.00. The van der Waals surface area contributed by atoms with Gasteiger partial charge in [-0.25, -0.2) is 0 Å². The van der Waals surface area contributed by atoms with E-state index in [9.17, 15) is 0 Å². The largest absolute Gasteiger partial charge is 0.375 e. The molecule has 1 rings (SSSR count). The Morgan fingerprint density at radius 3 is 2.29 bits per heavy atom. The Hall–Kier alpha value is -0.0800. The van der Waals surface area contributed by atoms with Gasteiger partial charge in [-0.15, -0.1) is 0 Å². The van der Waals surface area contributed by atoms with Crippen molar-refractivity contribution >= 4 is 0 Å². The van der Waals surface area contributed by atoms with Crippen molar-refractivity contribution in [3.05, 3.63) is 0 Å². The molecule has 14 heavy (non-hydrogen) atoms. The zero-order valence-corrected chi connectivity index (χ0v) is 9.94. The Balaban J connectivity index is 2.21. The predicted molar refractivity (Wildman–Crippen MR) is 60.3 cm³/mol. The monoisotopic (exact) mass is 199 g/mol. The molecule has 0 spiro atoms. The third-order valence-corrected chi connectivity index (χ3v) is 3.13. The topological polar surface area (TPSA) is 35.2 Å². The van der Waals surface area contributed by atoms with Gasteiger partial charge in [0.15, 0.2) is 0 Å². The van der Waals surface area contributed by atoms with Gasteiger partial charge in [-0.05, 0) is 44.1 Å². The van der Waals surface area contributed by atoms with Gasteiger partial charge in [-0.2, -0.15) is 0 Å². The highest BCUT2D eigenvalue weighted by Crippen LogP contribution is 2.38. The van der Waals surface area contributed by atoms with Crippen molar-refractivity contribution in [2.45, 2.75) is 58.5 Å². The van der Waals surface area contributed by atoms with E-state index < -0.39 is 0 Å². The first-order chi connectivity index (χ1) is 6.47. The normalized spacial score (nSPS) is 20.6. The Morgan fingerprint density at radius 1 is 1.29 bits per heavy atom. The van der Waals surface area contributed by atoms with E-state index in [-0.39, 0.29) is 5.60 Å². The van der Waals surface area contributed by atoms with E-state index >= 15 is 0 Å².